The Morgan fingerprint density at radius 1 is 1.14 bits per heavy atom. The lowest BCUT2D eigenvalue weighted by molar-refractivity contribution is -0.137. The molecule has 0 amide bonds. The minimum absolute atomic E-state index is 0.127. The van der Waals surface area contributed by atoms with Gasteiger partial charge in [-0.3, -0.25) is 4.79 Å². The van der Waals surface area contributed by atoms with Crippen LogP contribution in [0.1, 0.15) is 50.2 Å². The second kappa shape index (κ2) is 9.88. The first kappa shape index (κ1) is 22.5. The highest BCUT2D eigenvalue weighted by atomic mass is 16.4. The summed E-state index contributed by atoms with van der Waals surface area (Å²) >= 11 is 0. The molecule has 10 nitrogen and oxygen atoms in total. The summed E-state index contributed by atoms with van der Waals surface area (Å²) in [6.45, 7) is 2.03. The van der Waals surface area contributed by atoms with Crippen molar-refractivity contribution in [2.45, 2.75) is 45.1 Å². The van der Waals surface area contributed by atoms with Crippen molar-refractivity contribution in [2.75, 3.05) is 0 Å². The van der Waals surface area contributed by atoms with Crippen molar-refractivity contribution in [1.82, 2.24) is 40.1 Å². The maximum atomic E-state index is 11.4. The smallest absolute Gasteiger partial charge is 0.323 e. The molecule has 178 valence electrons. The molecule has 0 aliphatic carbocycles. The summed E-state index contributed by atoms with van der Waals surface area (Å²) in [5.41, 5.74) is 4.62. The Bertz CT molecular complexity index is 1440. The molecule has 0 radical (unpaired) electrons. The van der Waals surface area contributed by atoms with Crippen LogP contribution in [-0.2, 0) is 11.3 Å². The van der Waals surface area contributed by atoms with E-state index in [1.165, 1.54) is 0 Å². The Kier molecular flexibility index (Phi) is 6.34. The van der Waals surface area contributed by atoms with Crippen molar-refractivity contribution in [3.63, 3.8) is 0 Å². The summed E-state index contributed by atoms with van der Waals surface area (Å²) in [5.74, 6) is 1.01. The fourth-order valence-electron chi connectivity index (χ4n) is 4.46. The third-order valence-electron chi connectivity index (χ3n) is 6.12. The maximum absolute atomic E-state index is 11.4. The number of aromatic amines is 2. The number of H-pyrrole nitrogens is 2. The van der Waals surface area contributed by atoms with E-state index in [1.807, 2.05) is 36.4 Å². The van der Waals surface area contributed by atoms with Crippen molar-refractivity contribution >= 4 is 17.0 Å². The Morgan fingerprint density at radius 2 is 2.00 bits per heavy atom. The number of rotatable bonds is 10. The Morgan fingerprint density at radius 3 is 2.77 bits per heavy atom. The van der Waals surface area contributed by atoms with E-state index in [1.54, 1.807) is 17.0 Å². The number of aromatic nitrogens is 8. The minimum atomic E-state index is -0.897. The van der Waals surface area contributed by atoms with Crippen molar-refractivity contribution in [3.05, 3.63) is 66.5 Å². The number of carbonyl (C=O) groups is 1. The molecule has 1 atom stereocenters. The molecule has 5 aromatic rings. The lowest BCUT2D eigenvalue weighted by atomic mass is 9.99. The SMILES string of the molecule is CCCCCC(c1nc2ccc(-c3ccccc3-c3nn[nH]n3)cc2[nH]1)c1nccn1CC(=O)O. The van der Waals surface area contributed by atoms with Crippen molar-refractivity contribution in [2.24, 2.45) is 0 Å². The van der Waals surface area contributed by atoms with Crippen LogP contribution >= 0.6 is 0 Å². The third kappa shape index (κ3) is 4.68. The van der Waals surface area contributed by atoms with Crippen LogP contribution in [-0.4, -0.2) is 51.2 Å². The van der Waals surface area contributed by atoms with Crippen LogP contribution < -0.4 is 0 Å². The Hall–Kier alpha value is -4.34. The number of carboxylic acids is 1. The van der Waals surface area contributed by atoms with Crippen LogP contribution in [0, 0.1) is 0 Å². The number of nitrogens with zero attached hydrogens (tertiary/aromatic N) is 6. The van der Waals surface area contributed by atoms with E-state index in [2.05, 4.69) is 43.6 Å². The van der Waals surface area contributed by atoms with Crippen molar-refractivity contribution in [3.8, 4) is 22.5 Å². The van der Waals surface area contributed by atoms with E-state index in [0.29, 0.717) is 11.6 Å². The van der Waals surface area contributed by atoms with Gasteiger partial charge in [-0.25, -0.2) is 9.97 Å². The van der Waals surface area contributed by atoms with Gasteiger partial charge in [-0.15, -0.1) is 10.2 Å². The predicted octanol–water partition coefficient (Wildman–Crippen LogP) is 4.40. The highest BCUT2D eigenvalue weighted by Gasteiger charge is 2.23. The highest BCUT2D eigenvalue weighted by Crippen LogP contribution is 2.33. The zero-order valence-corrected chi connectivity index (χ0v) is 19.3. The average Bonchev–Trinajstić information content (AvgIpc) is 3.62. The average molecular weight is 471 g/mol. The van der Waals surface area contributed by atoms with E-state index in [4.69, 9.17) is 4.98 Å². The highest BCUT2D eigenvalue weighted by molar-refractivity contribution is 5.87. The van der Waals surface area contributed by atoms with Crippen LogP contribution in [0.15, 0.2) is 54.9 Å². The summed E-state index contributed by atoms with van der Waals surface area (Å²) in [5, 5.41) is 23.8. The van der Waals surface area contributed by atoms with Crippen LogP contribution in [0.25, 0.3) is 33.5 Å². The minimum Gasteiger partial charge on any atom is -0.480 e. The molecule has 0 saturated heterocycles. The maximum Gasteiger partial charge on any atom is 0.323 e. The van der Waals surface area contributed by atoms with Gasteiger partial charge in [0.05, 0.1) is 17.0 Å². The number of benzene rings is 2. The van der Waals surface area contributed by atoms with Gasteiger partial charge in [0.2, 0.25) is 5.82 Å². The molecule has 35 heavy (non-hydrogen) atoms. The van der Waals surface area contributed by atoms with Crippen LogP contribution in [0.2, 0.25) is 0 Å². The predicted molar refractivity (Wildman–Crippen MR) is 131 cm³/mol. The number of hydrogen-bond acceptors (Lipinski definition) is 6. The molecule has 0 aliphatic rings. The van der Waals surface area contributed by atoms with Crippen molar-refractivity contribution in [1.29, 1.82) is 0 Å². The summed E-state index contributed by atoms with van der Waals surface area (Å²) in [7, 11) is 0. The molecule has 5 rings (SSSR count). The largest absolute Gasteiger partial charge is 0.480 e. The number of tetrazole rings is 1. The van der Waals surface area contributed by atoms with Gasteiger partial charge in [0.1, 0.15) is 18.2 Å². The van der Waals surface area contributed by atoms with Crippen LogP contribution in [0.4, 0.5) is 0 Å². The van der Waals surface area contributed by atoms with Gasteiger partial charge in [-0.1, -0.05) is 56.5 Å². The monoisotopic (exact) mass is 470 g/mol. The summed E-state index contributed by atoms with van der Waals surface area (Å²) < 4.78 is 1.69. The van der Waals surface area contributed by atoms with Gasteiger partial charge in [-0.2, -0.15) is 5.21 Å². The first-order chi connectivity index (χ1) is 17.1. The molecule has 0 fully saturated rings. The number of hydrogen-bond donors (Lipinski definition) is 3. The molecule has 0 aliphatic heterocycles. The number of carboxylic acid groups (broad SMARTS) is 1. The summed E-state index contributed by atoms with van der Waals surface area (Å²) in [6.07, 6.45) is 7.39. The molecule has 3 N–H and O–H groups in total. The fraction of sp³-hybridized carbons (Fsp3) is 0.280. The van der Waals surface area contributed by atoms with Gasteiger partial charge >= 0.3 is 5.97 Å². The Labute approximate surface area is 201 Å². The van der Waals surface area contributed by atoms with Gasteiger partial charge in [0, 0.05) is 18.0 Å². The fourth-order valence-corrected chi connectivity index (χ4v) is 4.46. The molecule has 1 unspecified atom stereocenters. The lowest BCUT2D eigenvalue weighted by Crippen LogP contribution is -2.16. The standard InChI is InChI=1S/C25H26N8O2/c1-2-3-4-9-19(25-26-12-13-33(25)15-22(34)35)23-27-20-11-10-16(14-21(20)28-23)17-7-5-6-8-18(17)24-29-31-32-30-24/h5-8,10-14,19H,2-4,9,15H2,1H3,(H,27,28)(H,34,35)(H,29,30,31,32). The molecule has 10 heteroatoms. The summed E-state index contributed by atoms with van der Waals surface area (Å²) in [6, 6.07) is 14.0. The molecular formula is C25H26N8O2. The van der Waals surface area contributed by atoms with E-state index >= 15 is 0 Å². The first-order valence-corrected chi connectivity index (χ1v) is 11.7. The van der Waals surface area contributed by atoms with Crippen LogP contribution in [0.5, 0.6) is 0 Å². The van der Waals surface area contributed by atoms with E-state index < -0.39 is 5.97 Å². The molecular weight excluding hydrogens is 444 g/mol. The van der Waals surface area contributed by atoms with Gasteiger partial charge in [0.25, 0.3) is 0 Å². The summed E-state index contributed by atoms with van der Waals surface area (Å²) in [4.78, 5) is 24.3. The van der Waals surface area contributed by atoms with E-state index in [0.717, 1.165) is 59.2 Å². The van der Waals surface area contributed by atoms with E-state index in [9.17, 15) is 9.90 Å². The van der Waals surface area contributed by atoms with Gasteiger partial charge in [0.15, 0.2) is 0 Å². The lowest BCUT2D eigenvalue weighted by Gasteiger charge is -2.15. The second-order valence-electron chi connectivity index (χ2n) is 8.49. The second-order valence-corrected chi connectivity index (χ2v) is 8.49. The number of fused-ring (bicyclic) bond motifs is 1. The molecule has 3 aromatic heterocycles. The molecule has 0 spiro atoms. The molecule has 0 saturated carbocycles. The number of imidazole rings is 2. The molecule has 3 heterocycles. The molecule has 0 bridgehead atoms. The van der Waals surface area contributed by atoms with Crippen molar-refractivity contribution < 1.29 is 9.90 Å². The van der Waals surface area contributed by atoms with Gasteiger partial charge < -0.3 is 14.7 Å². The Balaban J connectivity index is 1.53. The number of unbranched alkanes of at least 4 members (excludes halogenated alkanes) is 2. The zero-order valence-electron chi connectivity index (χ0n) is 19.3. The van der Waals surface area contributed by atoms with Crippen LogP contribution in [0.3, 0.4) is 0 Å². The van der Waals surface area contributed by atoms with Gasteiger partial charge in [-0.05, 0) is 34.9 Å². The molecule has 2 aromatic carbocycles. The third-order valence-corrected chi connectivity index (χ3v) is 6.12. The first-order valence-electron chi connectivity index (χ1n) is 11.7. The van der Waals surface area contributed by atoms with E-state index in [-0.39, 0.29) is 12.5 Å². The number of nitrogens with one attached hydrogen (secondary N) is 2. The zero-order chi connectivity index (χ0) is 24.2. The quantitative estimate of drug-likeness (QED) is 0.257. The topological polar surface area (TPSA) is 138 Å². The normalized spacial score (nSPS) is 12.3. The number of aliphatic carboxylic acids is 1.